The van der Waals surface area contributed by atoms with Gasteiger partial charge in [-0.25, -0.2) is 0 Å². The molecule has 0 aliphatic heterocycles. The smallest absolute Gasteiger partial charge is 0.148 e. The Morgan fingerprint density at radius 3 is 2.88 bits per heavy atom. The molecule has 40 valence electrons. The molecule has 1 heterocycles. The molecule has 4 heteroatoms. The Bertz CT molecular complexity index is 221. The number of nitrogens with two attached hydrogens (primary N) is 1. The van der Waals surface area contributed by atoms with E-state index in [1.807, 2.05) is 6.07 Å². The third kappa shape index (κ3) is 0.634. The molecule has 3 nitrogen and oxygen atoms in total. The van der Waals surface area contributed by atoms with E-state index in [0.717, 1.165) is 11.5 Å². The lowest BCUT2D eigenvalue weighted by atomic mass is 10.5. The van der Waals surface area contributed by atoms with Crippen molar-refractivity contribution in [2.45, 2.75) is 0 Å². The summed E-state index contributed by atoms with van der Waals surface area (Å²) in [6, 6.07) is 1.91. The van der Waals surface area contributed by atoms with Crippen LogP contribution >= 0.6 is 11.5 Å². The largest absolute Gasteiger partial charge is 0.396 e. The molecule has 0 radical (unpaired) electrons. The quantitative estimate of drug-likeness (QED) is 0.552. The van der Waals surface area contributed by atoms with Crippen molar-refractivity contribution in [2.75, 3.05) is 5.73 Å². The van der Waals surface area contributed by atoms with Gasteiger partial charge in [0.25, 0.3) is 0 Å². The molecule has 8 heavy (non-hydrogen) atoms. The van der Waals surface area contributed by atoms with Crippen LogP contribution in [-0.2, 0) is 0 Å². The van der Waals surface area contributed by atoms with Gasteiger partial charge in [0.2, 0.25) is 0 Å². The second kappa shape index (κ2) is 1.80. The fourth-order valence-corrected chi connectivity index (χ4v) is 0.803. The highest BCUT2D eigenvalue weighted by Gasteiger charge is 1.96. The minimum atomic E-state index is 0.470. The predicted molar refractivity (Wildman–Crippen MR) is 31.2 cm³/mol. The first-order chi connectivity index (χ1) is 3.84. The van der Waals surface area contributed by atoms with Gasteiger partial charge in [0, 0.05) is 0 Å². The van der Waals surface area contributed by atoms with E-state index >= 15 is 0 Å². The fraction of sp³-hybridized carbons (Fsp3) is 0. The van der Waals surface area contributed by atoms with Gasteiger partial charge in [0.1, 0.15) is 10.9 Å². The first-order valence-electron chi connectivity index (χ1n) is 1.95. The molecule has 0 aliphatic carbocycles. The Labute approximate surface area is 50.5 Å². The molecule has 0 bridgehead atoms. The number of nitrogens with zero attached hydrogens (tertiary/aromatic N) is 2. The zero-order chi connectivity index (χ0) is 5.98. The second-order valence-corrected chi connectivity index (χ2v) is 2.02. The standard InChI is InChI=1S/C4H3N3S/c5-1-4-3(6)2-7-8-4/h2H,6H2. The Balaban J connectivity index is 3.15. The van der Waals surface area contributed by atoms with E-state index in [9.17, 15) is 0 Å². The van der Waals surface area contributed by atoms with Crippen molar-refractivity contribution >= 4 is 17.2 Å². The molecule has 0 aliphatic rings. The molecule has 0 fully saturated rings. The van der Waals surface area contributed by atoms with Gasteiger partial charge in [-0.1, -0.05) is 0 Å². The van der Waals surface area contributed by atoms with Crippen molar-refractivity contribution < 1.29 is 0 Å². The van der Waals surface area contributed by atoms with Crippen LogP contribution in [-0.4, -0.2) is 4.37 Å². The van der Waals surface area contributed by atoms with Crippen LogP contribution in [0.1, 0.15) is 4.88 Å². The number of hydrogen-bond acceptors (Lipinski definition) is 4. The molecule has 0 unspecified atom stereocenters. The first kappa shape index (κ1) is 5.06. The summed E-state index contributed by atoms with van der Waals surface area (Å²) in [5, 5.41) is 8.25. The lowest BCUT2D eigenvalue weighted by molar-refractivity contribution is 1.52. The average Bonchev–Trinajstić information content (AvgIpc) is 2.14. The number of hydrogen-bond donors (Lipinski definition) is 1. The molecule has 0 aromatic carbocycles. The van der Waals surface area contributed by atoms with Gasteiger partial charge >= 0.3 is 0 Å². The molecule has 1 aromatic rings. The Hall–Kier alpha value is -1.08. The van der Waals surface area contributed by atoms with Crippen molar-refractivity contribution in [3.05, 3.63) is 11.1 Å². The normalized spacial score (nSPS) is 8.38. The lowest BCUT2D eigenvalue weighted by Gasteiger charge is -1.75. The molecule has 0 saturated carbocycles. The number of nitriles is 1. The minimum Gasteiger partial charge on any atom is -0.396 e. The number of anilines is 1. The van der Waals surface area contributed by atoms with Crippen LogP contribution < -0.4 is 5.73 Å². The Kier molecular flexibility index (Phi) is 1.14. The Morgan fingerprint density at radius 2 is 2.62 bits per heavy atom. The fourth-order valence-electron chi connectivity index (χ4n) is 0.332. The van der Waals surface area contributed by atoms with Crippen LogP contribution in [0, 0.1) is 11.3 Å². The van der Waals surface area contributed by atoms with Crippen LogP contribution in [0.15, 0.2) is 6.20 Å². The zero-order valence-electron chi connectivity index (χ0n) is 3.96. The SMILES string of the molecule is N#Cc1sncc1N. The highest BCUT2D eigenvalue weighted by atomic mass is 32.1. The molecular formula is C4H3N3S. The van der Waals surface area contributed by atoms with Gasteiger partial charge in [-0.05, 0) is 11.5 Å². The summed E-state index contributed by atoms with van der Waals surface area (Å²) < 4.78 is 3.69. The van der Waals surface area contributed by atoms with Crippen LogP contribution in [0.4, 0.5) is 5.69 Å². The molecule has 0 amide bonds. The summed E-state index contributed by atoms with van der Waals surface area (Å²) in [7, 11) is 0. The van der Waals surface area contributed by atoms with Crippen molar-refractivity contribution in [3.8, 4) is 6.07 Å². The number of aromatic nitrogens is 1. The van der Waals surface area contributed by atoms with Gasteiger partial charge in [-0.3, -0.25) is 0 Å². The van der Waals surface area contributed by atoms with Gasteiger partial charge in [-0.15, -0.1) is 0 Å². The van der Waals surface area contributed by atoms with Crippen molar-refractivity contribution in [3.63, 3.8) is 0 Å². The van der Waals surface area contributed by atoms with E-state index in [-0.39, 0.29) is 0 Å². The summed E-state index contributed by atoms with van der Waals surface area (Å²) >= 11 is 1.11. The number of nitrogen functional groups attached to an aromatic ring is 1. The topological polar surface area (TPSA) is 62.7 Å². The van der Waals surface area contributed by atoms with Gasteiger partial charge in [0.15, 0.2) is 0 Å². The summed E-state index contributed by atoms with van der Waals surface area (Å²) in [6.45, 7) is 0. The first-order valence-corrected chi connectivity index (χ1v) is 2.72. The van der Waals surface area contributed by atoms with E-state index in [4.69, 9.17) is 11.0 Å². The van der Waals surface area contributed by atoms with Crippen molar-refractivity contribution in [1.29, 1.82) is 5.26 Å². The van der Waals surface area contributed by atoms with E-state index in [0.29, 0.717) is 10.6 Å². The Morgan fingerprint density at radius 1 is 1.88 bits per heavy atom. The van der Waals surface area contributed by atoms with E-state index < -0.39 is 0 Å². The van der Waals surface area contributed by atoms with Crippen LogP contribution in [0.25, 0.3) is 0 Å². The molecule has 0 spiro atoms. The molecule has 0 atom stereocenters. The van der Waals surface area contributed by atoms with Crippen LogP contribution in [0.3, 0.4) is 0 Å². The maximum atomic E-state index is 8.25. The third-order valence-corrected chi connectivity index (χ3v) is 1.42. The molecule has 0 saturated heterocycles. The van der Waals surface area contributed by atoms with E-state index in [2.05, 4.69) is 4.37 Å². The third-order valence-electron chi connectivity index (χ3n) is 0.700. The van der Waals surface area contributed by atoms with Crippen LogP contribution in [0.2, 0.25) is 0 Å². The highest BCUT2D eigenvalue weighted by molar-refractivity contribution is 7.06. The minimum absolute atomic E-state index is 0.470. The van der Waals surface area contributed by atoms with Crippen molar-refractivity contribution in [1.82, 2.24) is 4.37 Å². The summed E-state index contributed by atoms with van der Waals surface area (Å²) in [6.07, 6.45) is 1.48. The molecular weight excluding hydrogens is 122 g/mol. The van der Waals surface area contributed by atoms with E-state index in [1.54, 1.807) is 0 Å². The monoisotopic (exact) mass is 125 g/mol. The second-order valence-electron chi connectivity index (χ2n) is 1.22. The molecule has 1 rings (SSSR count). The summed E-state index contributed by atoms with van der Waals surface area (Å²) in [5.74, 6) is 0. The summed E-state index contributed by atoms with van der Waals surface area (Å²) in [5.41, 5.74) is 5.75. The lowest BCUT2D eigenvalue weighted by Crippen LogP contribution is -1.81. The maximum absolute atomic E-state index is 8.25. The van der Waals surface area contributed by atoms with Gasteiger partial charge < -0.3 is 5.73 Å². The van der Waals surface area contributed by atoms with Crippen molar-refractivity contribution in [2.24, 2.45) is 0 Å². The zero-order valence-corrected chi connectivity index (χ0v) is 4.77. The summed E-state index contributed by atoms with van der Waals surface area (Å²) in [4.78, 5) is 0.491. The highest BCUT2D eigenvalue weighted by Crippen LogP contribution is 2.12. The molecule has 1 aromatic heterocycles. The predicted octanol–water partition coefficient (Wildman–Crippen LogP) is 0.597. The van der Waals surface area contributed by atoms with Crippen LogP contribution in [0.5, 0.6) is 0 Å². The maximum Gasteiger partial charge on any atom is 0.148 e. The van der Waals surface area contributed by atoms with E-state index in [1.165, 1.54) is 6.20 Å². The van der Waals surface area contributed by atoms with Gasteiger partial charge in [-0.2, -0.15) is 9.64 Å². The molecule has 2 N–H and O–H groups in total. The van der Waals surface area contributed by atoms with Gasteiger partial charge in [0.05, 0.1) is 11.9 Å². The average molecular weight is 125 g/mol. The number of rotatable bonds is 0.